The van der Waals surface area contributed by atoms with Gasteiger partial charge in [-0.15, -0.1) is 0 Å². The van der Waals surface area contributed by atoms with E-state index in [-0.39, 0.29) is 17.9 Å². The molecule has 1 fully saturated rings. The Labute approximate surface area is 171 Å². The van der Waals surface area contributed by atoms with Crippen LogP contribution in [0.25, 0.3) is 0 Å². The first-order valence-corrected chi connectivity index (χ1v) is 9.74. The molecule has 0 aliphatic carbocycles. The van der Waals surface area contributed by atoms with Crippen LogP contribution in [-0.2, 0) is 9.59 Å². The standard InChI is InChI=1S/C22H27N3O4/c1-15(26)23-16-6-8-17(9-7-16)24-22(27)14-25-12-4-5-20(25)19-11-10-18(28-2)13-21(19)29-3/h6-11,13,20H,4-5,12,14H2,1-3H3,(H,23,26)(H,24,27)/p+1/t20-/m1/s1. The van der Waals surface area contributed by atoms with Crippen molar-refractivity contribution in [3.63, 3.8) is 0 Å². The molecule has 0 bridgehead atoms. The van der Waals surface area contributed by atoms with E-state index in [0.717, 1.165) is 36.4 Å². The van der Waals surface area contributed by atoms with E-state index in [1.54, 1.807) is 38.5 Å². The van der Waals surface area contributed by atoms with Crippen LogP contribution in [-0.4, -0.2) is 39.1 Å². The maximum Gasteiger partial charge on any atom is 0.279 e. The number of quaternary nitrogens is 1. The molecule has 1 aliphatic heterocycles. The van der Waals surface area contributed by atoms with Gasteiger partial charge in [0.05, 0.1) is 26.3 Å². The number of methoxy groups -OCH3 is 2. The third kappa shape index (κ3) is 5.26. The van der Waals surface area contributed by atoms with Gasteiger partial charge in [-0.3, -0.25) is 9.59 Å². The summed E-state index contributed by atoms with van der Waals surface area (Å²) >= 11 is 0. The third-order valence-electron chi connectivity index (χ3n) is 5.18. The van der Waals surface area contributed by atoms with Gasteiger partial charge in [-0.05, 0) is 36.4 Å². The minimum absolute atomic E-state index is 0.0355. The van der Waals surface area contributed by atoms with Crippen molar-refractivity contribution in [3.05, 3.63) is 48.0 Å². The average molecular weight is 398 g/mol. The van der Waals surface area contributed by atoms with E-state index >= 15 is 0 Å². The maximum absolute atomic E-state index is 12.6. The normalized spacial score (nSPS) is 18.2. The Morgan fingerprint density at radius 3 is 2.34 bits per heavy atom. The molecule has 2 aromatic carbocycles. The molecule has 1 heterocycles. The molecule has 7 heteroatoms. The molecule has 0 aromatic heterocycles. The van der Waals surface area contributed by atoms with Crippen LogP contribution >= 0.6 is 0 Å². The summed E-state index contributed by atoms with van der Waals surface area (Å²) in [5, 5.41) is 5.65. The van der Waals surface area contributed by atoms with E-state index in [2.05, 4.69) is 10.6 Å². The first-order chi connectivity index (χ1) is 14.0. The highest BCUT2D eigenvalue weighted by atomic mass is 16.5. The van der Waals surface area contributed by atoms with Crippen LogP contribution in [0.2, 0.25) is 0 Å². The van der Waals surface area contributed by atoms with E-state index in [1.807, 2.05) is 18.2 Å². The minimum Gasteiger partial charge on any atom is -0.497 e. The Balaban J connectivity index is 1.65. The lowest BCUT2D eigenvalue weighted by Crippen LogP contribution is -3.11. The van der Waals surface area contributed by atoms with Gasteiger partial charge in [0.1, 0.15) is 17.5 Å². The van der Waals surface area contributed by atoms with Crippen molar-refractivity contribution >= 4 is 23.2 Å². The second-order valence-corrected chi connectivity index (χ2v) is 7.19. The van der Waals surface area contributed by atoms with Crippen molar-refractivity contribution in [2.75, 3.05) is 37.9 Å². The molecule has 29 heavy (non-hydrogen) atoms. The SMILES string of the molecule is COc1ccc([C@H]2CCC[NH+]2CC(=O)Nc2ccc(NC(C)=O)cc2)c(OC)c1. The molecule has 2 aromatic rings. The van der Waals surface area contributed by atoms with Gasteiger partial charge in [0.2, 0.25) is 5.91 Å². The zero-order valence-corrected chi connectivity index (χ0v) is 17.1. The van der Waals surface area contributed by atoms with E-state index in [4.69, 9.17) is 9.47 Å². The Kier molecular flexibility index (Phi) is 6.72. The summed E-state index contributed by atoms with van der Waals surface area (Å²) in [5.41, 5.74) is 2.52. The minimum atomic E-state index is -0.126. The highest BCUT2D eigenvalue weighted by molar-refractivity contribution is 5.92. The van der Waals surface area contributed by atoms with Crippen LogP contribution in [0.5, 0.6) is 11.5 Å². The van der Waals surface area contributed by atoms with Gasteiger partial charge < -0.3 is 25.0 Å². The van der Waals surface area contributed by atoms with Crippen LogP contribution in [0.3, 0.4) is 0 Å². The van der Waals surface area contributed by atoms with Crippen LogP contribution in [0.15, 0.2) is 42.5 Å². The second-order valence-electron chi connectivity index (χ2n) is 7.19. The van der Waals surface area contributed by atoms with Crippen LogP contribution in [0.1, 0.15) is 31.4 Å². The third-order valence-corrected chi connectivity index (χ3v) is 5.18. The van der Waals surface area contributed by atoms with Crippen molar-refractivity contribution in [1.29, 1.82) is 0 Å². The molecule has 1 aliphatic rings. The molecular formula is C22H28N3O4+. The molecule has 2 amide bonds. The Morgan fingerprint density at radius 1 is 1.03 bits per heavy atom. The number of hydrogen-bond acceptors (Lipinski definition) is 4. The smallest absolute Gasteiger partial charge is 0.279 e. The topological polar surface area (TPSA) is 81.1 Å². The largest absolute Gasteiger partial charge is 0.497 e. The number of ether oxygens (including phenoxy) is 2. The summed E-state index contributed by atoms with van der Waals surface area (Å²) in [6.07, 6.45) is 2.07. The lowest BCUT2D eigenvalue weighted by Gasteiger charge is -2.23. The van der Waals surface area contributed by atoms with Gasteiger partial charge in [0.25, 0.3) is 5.91 Å². The van der Waals surface area contributed by atoms with Gasteiger partial charge >= 0.3 is 0 Å². The first kappa shape index (κ1) is 20.7. The van der Waals surface area contributed by atoms with Crippen molar-refractivity contribution < 1.29 is 24.0 Å². The molecule has 0 saturated carbocycles. The Bertz CT molecular complexity index is 867. The lowest BCUT2D eigenvalue weighted by molar-refractivity contribution is -0.910. The number of nitrogens with one attached hydrogen (secondary N) is 3. The number of anilines is 2. The fraction of sp³-hybridized carbons (Fsp3) is 0.364. The molecule has 3 N–H and O–H groups in total. The summed E-state index contributed by atoms with van der Waals surface area (Å²) in [5.74, 6) is 1.39. The van der Waals surface area contributed by atoms with Gasteiger partial charge in [0.15, 0.2) is 6.54 Å². The van der Waals surface area contributed by atoms with E-state index in [1.165, 1.54) is 11.8 Å². The van der Waals surface area contributed by atoms with Gasteiger partial charge in [-0.25, -0.2) is 0 Å². The summed E-state index contributed by atoms with van der Waals surface area (Å²) in [6.45, 7) is 2.78. The monoisotopic (exact) mass is 398 g/mol. The predicted octanol–water partition coefficient (Wildman–Crippen LogP) is 2.02. The first-order valence-electron chi connectivity index (χ1n) is 9.74. The molecule has 0 radical (unpaired) electrons. The zero-order valence-electron chi connectivity index (χ0n) is 17.1. The number of likely N-dealkylation sites (tertiary alicyclic amines) is 1. The molecular weight excluding hydrogens is 370 g/mol. The lowest BCUT2D eigenvalue weighted by atomic mass is 10.0. The van der Waals surface area contributed by atoms with Crippen molar-refractivity contribution in [3.8, 4) is 11.5 Å². The maximum atomic E-state index is 12.6. The number of carbonyl (C=O) groups excluding carboxylic acids is 2. The van der Waals surface area contributed by atoms with Crippen molar-refractivity contribution in [2.45, 2.75) is 25.8 Å². The molecule has 154 valence electrons. The Morgan fingerprint density at radius 2 is 1.72 bits per heavy atom. The van der Waals surface area contributed by atoms with E-state index < -0.39 is 0 Å². The van der Waals surface area contributed by atoms with Crippen LogP contribution in [0, 0.1) is 0 Å². The fourth-order valence-corrected chi connectivity index (χ4v) is 3.86. The van der Waals surface area contributed by atoms with Crippen LogP contribution < -0.4 is 25.0 Å². The highest BCUT2D eigenvalue weighted by Gasteiger charge is 2.33. The van der Waals surface area contributed by atoms with Crippen molar-refractivity contribution in [1.82, 2.24) is 0 Å². The van der Waals surface area contributed by atoms with Gasteiger partial charge in [-0.2, -0.15) is 0 Å². The number of carbonyl (C=O) groups is 2. The number of rotatable bonds is 7. The zero-order chi connectivity index (χ0) is 20.8. The van der Waals surface area contributed by atoms with Crippen molar-refractivity contribution in [2.24, 2.45) is 0 Å². The summed E-state index contributed by atoms with van der Waals surface area (Å²) in [6, 6.07) is 13.2. The van der Waals surface area contributed by atoms with E-state index in [0.29, 0.717) is 17.9 Å². The summed E-state index contributed by atoms with van der Waals surface area (Å²) in [4.78, 5) is 24.9. The summed E-state index contributed by atoms with van der Waals surface area (Å²) in [7, 11) is 3.29. The quantitative estimate of drug-likeness (QED) is 0.667. The molecule has 1 unspecified atom stereocenters. The average Bonchev–Trinajstić information content (AvgIpc) is 3.16. The summed E-state index contributed by atoms with van der Waals surface area (Å²) < 4.78 is 10.9. The molecule has 1 saturated heterocycles. The number of hydrogen-bond donors (Lipinski definition) is 3. The number of amides is 2. The second kappa shape index (κ2) is 9.43. The fourth-order valence-electron chi connectivity index (χ4n) is 3.86. The van der Waals surface area contributed by atoms with Gasteiger partial charge in [-0.1, -0.05) is 0 Å². The molecule has 7 nitrogen and oxygen atoms in total. The number of benzene rings is 2. The highest BCUT2D eigenvalue weighted by Crippen LogP contribution is 2.31. The molecule has 0 spiro atoms. The molecule has 2 atom stereocenters. The van der Waals surface area contributed by atoms with E-state index in [9.17, 15) is 9.59 Å². The van der Waals surface area contributed by atoms with Gasteiger partial charge in [0, 0.05) is 37.2 Å². The molecule has 3 rings (SSSR count). The Hall–Kier alpha value is -3.06. The predicted molar refractivity (Wildman–Crippen MR) is 112 cm³/mol. The van der Waals surface area contributed by atoms with Crippen LogP contribution in [0.4, 0.5) is 11.4 Å².